The second-order valence-electron chi connectivity index (χ2n) is 8.39. The number of hydrogen-bond donors (Lipinski definition) is 1. The number of carbonyl (C=O) groups excluding carboxylic acids is 2. The summed E-state index contributed by atoms with van der Waals surface area (Å²) in [7, 11) is 1.34. The molecule has 0 aromatic heterocycles. The average molecular weight is 469 g/mol. The third kappa shape index (κ3) is 4.63. The van der Waals surface area contributed by atoms with Crippen LogP contribution in [-0.2, 0) is 9.59 Å². The largest absolute Gasteiger partial charge is 0.507 e. The second-order valence-corrected chi connectivity index (χ2v) is 8.39. The fourth-order valence-corrected chi connectivity index (χ4v) is 4.59. The van der Waals surface area contributed by atoms with Crippen molar-refractivity contribution in [2.24, 2.45) is 0 Å². The van der Waals surface area contributed by atoms with Crippen LogP contribution >= 0.6 is 0 Å². The van der Waals surface area contributed by atoms with E-state index in [1.165, 1.54) is 24.1 Å². The highest BCUT2D eigenvalue weighted by Crippen LogP contribution is 2.40. The van der Waals surface area contributed by atoms with Crippen LogP contribution < -0.4 is 9.47 Å². The molecule has 1 N–H and O–H groups in total. The molecule has 2 fully saturated rings. The quantitative estimate of drug-likeness (QED) is 0.361. The molecule has 0 spiro atoms. The summed E-state index contributed by atoms with van der Waals surface area (Å²) in [4.78, 5) is 30.0. The van der Waals surface area contributed by atoms with Crippen LogP contribution in [0.1, 0.15) is 36.9 Å². The molecule has 0 saturated carbocycles. The Kier molecular flexibility index (Phi) is 7.17. The molecular formula is C26H29FN2O5. The minimum Gasteiger partial charge on any atom is -0.507 e. The molecule has 2 aromatic rings. The van der Waals surface area contributed by atoms with Crippen LogP contribution in [0.15, 0.2) is 48.0 Å². The fourth-order valence-electron chi connectivity index (χ4n) is 4.59. The lowest BCUT2D eigenvalue weighted by molar-refractivity contribution is -0.140. The number of rotatable bonds is 8. The first-order valence-electron chi connectivity index (χ1n) is 11.5. The smallest absolute Gasteiger partial charge is 0.295 e. The van der Waals surface area contributed by atoms with Gasteiger partial charge >= 0.3 is 0 Å². The molecule has 2 aliphatic rings. The van der Waals surface area contributed by atoms with Crippen LogP contribution in [0.25, 0.3) is 5.76 Å². The zero-order valence-corrected chi connectivity index (χ0v) is 19.4. The summed E-state index contributed by atoms with van der Waals surface area (Å²) in [5.41, 5.74) is 0.714. The van der Waals surface area contributed by atoms with Gasteiger partial charge in [-0.3, -0.25) is 9.59 Å². The van der Waals surface area contributed by atoms with Crippen molar-refractivity contribution >= 4 is 17.4 Å². The summed E-state index contributed by atoms with van der Waals surface area (Å²) in [6, 6.07) is 10.3. The minimum absolute atomic E-state index is 0.0191. The number of aliphatic hydroxyl groups is 1. The van der Waals surface area contributed by atoms with Crippen LogP contribution in [0.3, 0.4) is 0 Å². The molecule has 1 amide bonds. The Morgan fingerprint density at radius 1 is 1.09 bits per heavy atom. The van der Waals surface area contributed by atoms with Gasteiger partial charge in [-0.25, -0.2) is 4.39 Å². The van der Waals surface area contributed by atoms with Crippen LogP contribution in [-0.4, -0.2) is 66.5 Å². The number of amides is 1. The Morgan fingerprint density at radius 2 is 1.79 bits per heavy atom. The number of aliphatic hydroxyl groups excluding tert-OH is 1. The molecule has 1 atom stereocenters. The van der Waals surface area contributed by atoms with Crippen molar-refractivity contribution in [3.05, 3.63) is 65.0 Å². The fraction of sp³-hybridized carbons (Fsp3) is 0.385. The van der Waals surface area contributed by atoms with Crippen LogP contribution in [0.4, 0.5) is 4.39 Å². The predicted octanol–water partition coefficient (Wildman–Crippen LogP) is 3.75. The van der Waals surface area contributed by atoms with Gasteiger partial charge in [0.15, 0.2) is 11.6 Å². The van der Waals surface area contributed by atoms with E-state index in [1.54, 1.807) is 24.3 Å². The SMILES string of the molecule is CCOc1ccc(C2/C(=C(\O)c3ccc(OC)c(F)c3)C(=O)C(=O)N2CCN2CCCC2)cc1. The monoisotopic (exact) mass is 468 g/mol. The maximum atomic E-state index is 14.3. The number of methoxy groups -OCH3 is 1. The van der Waals surface area contributed by atoms with Crippen molar-refractivity contribution in [2.75, 3.05) is 39.9 Å². The number of benzene rings is 2. The number of carbonyl (C=O) groups is 2. The molecule has 2 aliphatic heterocycles. The molecule has 0 aliphatic carbocycles. The van der Waals surface area contributed by atoms with Crippen molar-refractivity contribution < 1.29 is 28.6 Å². The molecule has 2 aromatic carbocycles. The molecule has 4 rings (SSSR count). The molecule has 180 valence electrons. The van der Waals surface area contributed by atoms with Crippen LogP contribution in [0.5, 0.6) is 11.5 Å². The molecule has 7 nitrogen and oxygen atoms in total. The van der Waals surface area contributed by atoms with Crippen molar-refractivity contribution in [1.29, 1.82) is 0 Å². The highest BCUT2D eigenvalue weighted by Gasteiger charge is 2.46. The van der Waals surface area contributed by atoms with E-state index in [1.807, 2.05) is 6.92 Å². The summed E-state index contributed by atoms with van der Waals surface area (Å²) in [6.07, 6.45) is 2.23. The van der Waals surface area contributed by atoms with Gasteiger partial charge in [-0.2, -0.15) is 0 Å². The Bertz CT molecular complexity index is 1090. The molecule has 1 unspecified atom stereocenters. The molecule has 2 heterocycles. The van der Waals surface area contributed by atoms with Gasteiger partial charge in [-0.1, -0.05) is 12.1 Å². The van der Waals surface area contributed by atoms with Gasteiger partial charge in [-0.05, 0) is 68.8 Å². The predicted molar refractivity (Wildman–Crippen MR) is 125 cm³/mol. The summed E-state index contributed by atoms with van der Waals surface area (Å²) in [5.74, 6) is -1.86. The van der Waals surface area contributed by atoms with Gasteiger partial charge in [0, 0.05) is 18.7 Å². The van der Waals surface area contributed by atoms with Gasteiger partial charge in [0.25, 0.3) is 11.7 Å². The van der Waals surface area contributed by atoms with Crippen molar-refractivity contribution in [2.45, 2.75) is 25.8 Å². The van der Waals surface area contributed by atoms with Crippen molar-refractivity contribution in [3.63, 3.8) is 0 Å². The number of likely N-dealkylation sites (tertiary alicyclic amines) is 2. The normalized spacial score (nSPS) is 20.2. The lowest BCUT2D eigenvalue weighted by Gasteiger charge is -2.27. The maximum absolute atomic E-state index is 14.3. The lowest BCUT2D eigenvalue weighted by atomic mass is 9.95. The van der Waals surface area contributed by atoms with Gasteiger partial charge < -0.3 is 24.4 Å². The van der Waals surface area contributed by atoms with Gasteiger partial charge in [-0.15, -0.1) is 0 Å². The number of Topliss-reactive ketones (excluding diaryl/α,β-unsaturated/α-hetero) is 1. The summed E-state index contributed by atoms with van der Waals surface area (Å²) in [6.45, 7) is 5.30. The average Bonchev–Trinajstić information content (AvgIpc) is 3.45. The number of hydrogen-bond acceptors (Lipinski definition) is 6. The second kappa shape index (κ2) is 10.3. The Hall–Kier alpha value is -3.39. The van der Waals surface area contributed by atoms with E-state index in [0.29, 0.717) is 31.0 Å². The first-order chi connectivity index (χ1) is 16.4. The summed E-state index contributed by atoms with van der Waals surface area (Å²) < 4.78 is 24.8. The van der Waals surface area contributed by atoms with E-state index in [2.05, 4.69) is 4.90 Å². The maximum Gasteiger partial charge on any atom is 0.295 e. The van der Waals surface area contributed by atoms with Crippen LogP contribution in [0, 0.1) is 5.82 Å². The van der Waals surface area contributed by atoms with Gasteiger partial charge in [0.1, 0.15) is 11.5 Å². The van der Waals surface area contributed by atoms with E-state index in [4.69, 9.17) is 9.47 Å². The molecular weight excluding hydrogens is 439 g/mol. The number of ether oxygens (including phenoxy) is 2. The Balaban J connectivity index is 1.75. The van der Waals surface area contributed by atoms with Gasteiger partial charge in [0.2, 0.25) is 0 Å². The minimum atomic E-state index is -0.788. The number of halogens is 1. The lowest BCUT2D eigenvalue weighted by Crippen LogP contribution is -2.37. The Morgan fingerprint density at radius 3 is 2.41 bits per heavy atom. The van der Waals surface area contributed by atoms with E-state index in [9.17, 15) is 19.1 Å². The van der Waals surface area contributed by atoms with Crippen molar-refractivity contribution in [1.82, 2.24) is 9.80 Å². The highest BCUT2D eigenvalue weighted by atomic mass is 19.1. The first-order valence-corrected chi connectivity index (χ1v) is 11.5. The molecule has 8 heteroatoms. The van der Waals surface area contributed by atoms with Crippen LogP contribution in [0.2, 0.25) is 0 Å². The molecule has 0 radical (unpaired) electrons. The van der Waals surface area contributed by atoms with E-state index < -0.39 is 29.3 Å². The Labute approximate surface area is 198 Å². The zero-order chi connectivity index (χ0) is 24.2. The number of ketones is 1. The standard InChI is InChI=1S/C26H29FN2O5/c1-3-34-19-9-6-17(7-10-19)23-22(24(30)18-8-11-21(33-2)20(27)16-18)25(31)26(32)29(23)15-14-28-12-4-5-13-28/h6-11,16,23,30H,3-5,12-15H2,1-2H3/b24-22+. The zero-order valence-electron chi connectivity index (χ0n) is 19.4. The third-order valence-corrected chi connectivity index (χ3v) is 6.33. The molecule has 2 saturated heterocycles. The van der Waals surface area contributed by atoms with Gasteiger partial charge in [0.05, 0.1) is 25.3 Å². The third-order valence-electron chi connectivity index (χ3n) is 6.33. The van der Waals surface area contributed by atoms with E-state index >= 15 is 0 Å². The first kappa shape index (κ1) is 23.8. The topological polar surface area (TPSA) is 79.3 Å². The highest BCUT2D eigenvalue weighted by molar-refractivity contribution is 6.46. The molecule has 0 bridgehead atoms. The summed E-state index contributed by atoms with van der Waals surface area (Å²) in [5, 5.41) is 11.1. The number of nitrogens with zero attached hydrogens (tertiary/aromatic N) is 2. The van der Waals surface area contributed by atoms with E-state index in [-0.39, 0.29) is 16.9 Å². The molecule has 34 heavy (non-hydrogen) atoms. The van der Waals surface area contributed by atoms with E-state index in [0.717, 1.165) is 32.0 Å². The summed E-state index contributed by atoms with van der Waals surface area (Å²) >= 11 is 0. The van der Waals surface area contributed by atoms with Crippen molar-refractivity contribution in [3.8, 4) is 11.5 Å².